The van der Waals surface area contributed by atoms with E-state index in [1.807, 2.05) is 86.8 Å². The molecule has 0 radical (unpaired) electrons. The average Bonchev–Trinajstić information content (AvgIpc) is 1.59. The molecule has 16 nitrogen and oxygen atoms in total. The van der Waals surface area contributed by atoms with Gasteiger partial charge in [-0.3, -0.25) is 24.1 Å². The predicted octanol–water partition coefficient (Wildman–Crippen LogP) is 12.9. The lowest BCUT2D eigenvalue weighted by atomic mass is 9.72. The average molecular weight is 1350 g/mol. The summed E-state index contributed by atoms with van der Waals surface area (Å²) < 4.78 is 110. The van der Waals surface area contributed by atoms with Crippen molar-refractivity contribution in [3.05, 3.63) is 177 Å². The molecule has 3 fully saturated rings. The minimum absolute atomic E-state index is 0.0304. The fourth-order valence-corrected chi connectivity index (χ4v) is 14.9. The zero-order valence-corrected chi connectivity index (χ0v) is 55.3. The number of hydrogen-bond donors (Lipinski definition) is 2. The molecule has 1 aromatic heterocycles. The van der Waals surface area contributed by atoms with Crippen molar-refractivity contribution in [2.45, 2.75) is 107 Å². The van der Waals surface area contributed by atoms with Crippen LogP contribution in [-0.4, -0.2) is 183 Å². The number of piperidine rings is 2. The Kier molecular flexibility index (Phi) is 22.6. The van der Waals surface area contributed by atoms with Crippen LogP contribution in [0.15, 0.2) is 127 Å². The van der Waals surface area contributed by atoms with E-state index < -0.39 is 64.6 Å². The third-order valence-corrected chi connectivity index (χ3v) is 20.8. The number of unbranched alkanes of at least 4 members (excludes halogenated alkanes) is 2. The molecule has 0 saturated carbocycles. The summed E-state index contributed by atoms with van der Waals surface area (Å²) in [7, 11) is 5.23. The van der Waals surface area contributed by atoms with Gasteiger partial charge < -0.3 is 49.3 Å². The molecule has 24 heteroatoms. The number of carbonyl (C=O) groups excluding carboxylic acids is 4. The lowest BCUT2D eigenvalue weighted by Crippen LogP contribution is -2.50. The Morgan fingerprint density at radius 2 is 1.35 bits per heavy atom. The van der Waals surface area contributed by atoms with Crippen molar-refractivity contribution in [1.29, 1.82) is 0 Å². The van der Waals surface area contributed by atoms with E-state index in [0.717, 1.165) is 70.1 Å². The number of para-hydroxylation sites is 1. The maximum atomic E-state index is 14.3. The van der Waals surface area contributed by atoms with E-state index in [-0.39, 0.29) is 68.6 Å². The van der Waals surface area contributed by atoms with E-state index in [2.05, 4.69) is 27.2 Å². The van der Waals surface area contributed by atoms with Crippen molar-refractivity contribution in [3.8, 4) is 11.1 Å². The van der Waals surface area contributed by atoms with Crippen LogP contribution in [0.1, 0.15) is 111 Å². The van der Waals surface area contributed by atoms with E-state index in [1.165, 1.54) is 40.5 Å². The van der Waals surface area contributed by atoms with Crippen LogP contribution in [0.25, 0.3) is 11.1 Å². The molecule has 5 aromatic carbocycles. The first-order chi connectivity index (χ1) is 45.8. The number of ether oxygens (including phenoxy) is 2. The van der Waals surface area contributed by atoms with Crippen LogP contribution in [-0.2, 0) is 48.9 Å². The highest BCUT2D eigenvalue weighted by atomic mass is 32.1. The monoisotopic (exact) mass is 1350 g/mol. The third kappa shape index (κ3) is 16.7. The molecular weight excluding hydrogens is 1270 g/mol. The van der Waals surface area contributed by atoms with Crippen molar-refractivity contribution in [2.24, 2.45) is 0 Å². The number of likely N-dealkylation sites (N-methyl/N-ethyl adjacent to an activating group) is 3. The minimum atomic E-state index is -5.15. The quantitative estimate of drug-likeness (QED) is 0.0415. The molecule has 0 unspecified atom stereocenters. The number of rotatable bonds is 25. The number of thiophene rings is 1. The minimum Gasteiger partial charge on any atom is -0.465 e. The van der Waals surface area contributed by atoms with Crippen molar-refractivity contribution in [1.82, 2.24) is 29.4 Å². The van der Waals surface area contributed by atoms with Gasteiger partial charge in [-0.15, -0.1) is 11.3 Å². The summed E-state index contributed by atoms with van der Waals surface area (Å²) in [5, 5.41) is 14.7. The Hall–Kier alpha value is -7.90. The molecule has 5 amide bonds. The lowest BCUT2D eigenvalue weighted by molar-refractivity contribution is -0.143. The highest BCUT2D eigenvalue weighted by Gasteiger charge is 2.50. The predicted molar refractivity (Wildman–Crippen MR) is 353 cm³/mol. The van der Waals surface area contributed by atoms with Crippen LogP contribution < -0.4 is 10.2 Å². The number of amides is 5. The van der Waals surface area contributed by atoms with E-state index in [9.17, 15) is 59.8 Å². The number of nitrogens with one attached hydrogen (secondary N) is 1. The van der Waals surface area contributed by atoms with Gasteiger partial charge in [-0.25, -0.2) is 9.18 Å². The summed E-state index contributed by atoms with van der Waals surface area (Å²) in [6.45, 7) is 6.67. The molecule has 514 valence electrons. The van der Waals surface area contributed by atoms with Gasteiger partial charge in [-0.2, -0.15) is 26.3 Å². The Morgan fingerprint density at radius 3 is 2.04 bits per heavy atom. The molecule has 3 aliphatic heterocycles. The first-order valence-corrected chi connectivity index (χ1v) is 33.5. The van der Waals surface area contributed by atoms with Crippen LogP contribution in [0.2, 0.25) is 0 Å². The third-order valence-electron chi connectivity index (χ3n) is 19.6. The van der Waals surface area contributed by atoms with Gasteiger partial charge in [0.1, 0.15) is 24.8 Å². The number of fused-ring (bicyclic) bond motifs is 2. The molecule has 1 aliphatic carbocycles. The van der Waals surface area contributed by atoms with Crippen LogP contribution in [0.3, 0.4) is 0 Å². The zero-order valence-electron chi connectivity index (χ0n) is 54.5. The Morgan fingerprint density at radius 1 is 0.719 bits per heavy atom. The fraction of sp³-hybridized carbons (Fsp3) is 0.458. The summed E-state index contributed by atoms with van der Waals surface area (Å²) in [4.78, 5) is 79.7. The van der Waals surface area contributed by atoms with Crippen LogP contribution in [0.4, 0.5) is 46.2 Å². The van der Waals surface area contributed by atoms with E-state index in [1.54, 1.807) is 28.8 Å². The number of anilines is 2. The van der Waals surface area contributed by atoms with E-state index >= 15 is 0 Å². The topological polar surface area (TPSA) is 159 Å². The standard InChI is InChI=1S/C72H83F7N8O8S/c1-49-41-62(80-31-14-6-9-21-63(88)81(2)39-40-84-32-26-57(27-33-84)87(68(92)93)60-20-13-11-18-58(60)50-15-7-5-8-16-50)96-65(49)67(91)83(4)38-37-82(3)64(89)46-94-61-44-51-17-10-12-19-59(51)69(61)28-34-85(35-29-69)36-30-70(53-22-24-56(73)25-23-53)47-86(48-95-70)66(90)52-42-54(71(74,75)76)45-55(43-52)72(77,78)79/h5,7-8,10-13,15-20,22-25,41-43,45,57,61,80H,6,9,14,21,26-40,44,46-48H2,1-4H3,(H,92,93)/t61-,70+/m0/s1. The lowest BCUT2D eigenvalue weighted by Gasteiger charge is -2.44. The van der Waals surface area contributed by atoms with Gasteiger partial charge in [0.15, 0.2) is 0 Å². The van der Waals surface area contributed by atoms with Gasteiger partial charge in [0, 0.05) is 103 Å². The summed E-state index contributed by atoms with van der Waals surface area (Å²) in [6, 6.07) is 33.6. The van der Waals surface area contributed by atoms with Gasteiger partial charge in [0.25, 0.3) is 11.8 Å². The molecule has 10 rings (SSSR count). The normalized spacial score (nSPS) is 18.3. The summed E-state index contributed by atoms with van der Waals surface area (Å²) in [6.07, 6.45) is -5.17. The first-order valence-electron chi connectivity index (χ1n) is 32.7. The molecule has 3 saturated heterocycles. The van der Waals surface area contributed by atoms with Crippen LogP contribution in [0.5, 0.6) is 0 Å². The first kappa shape index (κ1) is 70.9. The summed E-state index contributed by atoms with van der Waals surface area (Å²) in [5.41, 5.74) is 0.429. The number of likely N-dealkylation sites (tertiary alicyclic amines) is 2. The maximum absolute atomic E-state index is 14.3. The molecular formula is C72H83F7N8O8S. The molecule has 2 atom stereocenters. The zero-order chi connectivity index (χ0) is 68.5. The number of nitrogens with zero attached hydrogens (tertiary/aromatic N) is 7. The van der Waals surface area contributed by atoms with Gasteiger partial charge in [-0.05, 0) is 142 Å². The van der Waals surface area contributed by atoms with Crippen molar-refractivity contribution in [2.75, 3.05) is 117 Å². The Balaban J connectivity index is 0.636. The smallest absolute Gasteiger partial charge is 0.416 e. The molecule has 2 N–H and O–H groups in total. The molecule has 0 bridgehead atoms. The SMILES string of the molecule is Cc1cc(NCCCCCC(=O)N(C)CCN2CCC(N(C(=O)O)c3ccccc3-c3ccccc3)CC2)sc1C(=O)N(C)CCN(C)C(=O)CO[C@H]1Cc2ccccc2C12CCN(CC[C@]1(c3ccc(F)cc3)CN(C(=O)c3cc(C(F)(F)F)cc(C(F)(F)F)c3)CO1)CC2. The molecule has 4 aliphatic rings. The second kappa shape index (κ2) is 30.7. The van der Waals surface area contributed by atoms with E-state index in [0.29, 0.717) is 106 Å². The van der Waals surface area contributed by atoms with Crippen molar-refractivity contribution < 1.29 is 69.3 Å². The number of benzene rings is 5. The molecule has 1 spiro atoms. The fourth-order valence-electron chi connectivity index (χ4n) is 13.9. The largest absolute Gasteiger partial charge is 0.465 e. The van der Waals surface area contributed by atoms with Gasteiger partial charge >= 0.3 is 18.4 Å². The number of alkyl halides is 6. The van der Waals surface area contributed by atoms with Gasteiger partial charge in [-0.1, -0.05) is 91.3 Å². The van der Waals surface area contributed by atoms with Crippen molar-refractivity contribution >= 4 is 51.7 Å². The highest BCUT2D eigenvalue weighted by molar-refractivity contribution is 7.18. The van der Waals surface area contributed by atoms with Crippen LogP contribution >= 0.6 is 11.3 Å². The molecule has 4 heterocycles. The summed E-state index contributed by atoms with van der Waals surface area (Å²) >= 11 is 1.38. The number of halogens is 7. The Labute approximate surface area is 559 Å². The number of carboxylic acid groups (broad SMARTS) is 1. The van der Waals surface area contributed by atoms with Gasteiger partial charge in [0.05, 0.1) is 39.3 Å². The number of carbonyl (C=O) groups is 5. The molecule has 96 heavy (non-hydrogen) atoms. The number of aryl methyl sites for hydroxylation is 1. The Bertz CT molecular complexity index is 3660. The second-order valence-electron chi connectivity index (χ2n) is 25.8. The van der Waals surface area contributed by atoms with Gasteiger partial charge in [0.2, 0.25) is 11.8 Å². The highest BCUT2D eigenvalue weighted by Crippen LogP contribution is 2.49. The van der Waals surface area contributed by atoms with Crippen molar-refractivity contribution in [3.63, 3.8) is 0 Å². The van der Waals surface area contributed by atoms with E-state index in [4.69, 9.17) is 9.47 Å². The molecule has 6 aromatic rings. The summed E-state index contributed by atoms with van der Waals surface area (Å²) in [5.74, 6) is -1.92. The van der Waals surface area contributed by atoms with Crippen LogP contribution in [0, 0.1) is 12.7 Å². The maximum Gasteiger partial charge on any atom is 0.416 e. The number of hydrogen-bond acceptors (Lipinski definition) is 11. The second-order valence-corrected chi connectivity index (χ2v) is 26.9.